The van der Waals surface area contributed by atoms with Crippen LogP contribution in [-0.2, 0) is 4.74 Å². The van der Waals surface area contributed by atoms with E-state index in [4.69, 9.17) is 23.2 Å². The zero-order valence-corrected chi connectivity index (χ0v) is 12.5. The van der Waals surface area contributed by atoms with Crippen molar-refractivity contribution in [2.24, 2.45) is 0 Å². The predicted octanol–water partition coefficient (Wildman–Crippen LogP) is 4.03. The first kappa shape index (κ1) is 15.4. The van der Waals surface area contributed by atoms with Crippen LogP contribution in [0.5, 0.6) is 0 Å². The minimum atomic E-state index is -0.456. The number of methoxy groups -OCH3 is 1. The number of carbonyl (C=O) groups excluding carboxylic acids is 2. The minimum absolute atomic E-state index is 0.337. The summed E-state index contributed by atoms with van der Waals surface area (Å²) in [5.41, 5.74) is 1.23. The zero-order valence-electron chi connectivity index (χ0n) is 11.0. The van der Waals surface area contributed by atoms with Crippen LogP contribution in [0.3, 0.4) is 0 Å². The van der Waals surface area contributed by atoms with Crippen LogP contribution < -0.4 is 5.32 Å². The Bertz CT molecular complexity index is 684. The third kappa shape index (κ3) is 3.74. The van der Waals surface area contributed by atoms with Gasteiger partial charge >= 0.3 is 5.97 Å². The normalized spacial score (nSPS) is 10.0. The van der Waals surface area contributed by atoms with Crippen molar-refractivity contribution >= 4 is 40.8 Å². The Balaban J connectivity index is 2.15. The number of hydrogen-bond acceptors (Lipinski definition) is 3. The van der Waals surface area contributed by atoms with Crippen LogP contribution in [-0.4, -0.2) is 19.0 Å². The van der Waals surface area contributed by atoms with Gasteiger partial charge in [-0.05, 0) is 42.5 Å². The first-order valence-corrected chi connectivity index (χ1v) is 6.71. The van der Waals surface area contributed by atoms with Gasteiger partial charge in [0.15, 0.2) is 0 Å². The van der Waals surface area contributed by atoms with Gasteiger partial charge in [0, 0.05) is 10.6 Å². The second-order valence-corrected chi connectivity index (χ2v) is 4.99. The van der Waals surface area contributed by atoms with Crippen LogP contribution in [0.4, 0.5) is 5.69 Å². The Hall–Kier alpha value is -2.04. The van der Waals surface area contributed by atoms with Crippen molar-refractivity contribution in [1.29, 1.82) is 0 Å². The fraction of sp³-hybridized carbons (Fsp3) is 0.0667. The molecule has 0 aliphatic rings. The molecule has 0 aromatic heterocycles. The number of esters is 1. The van der Waals surface area contributed by atoms with Gasteiger partial charge in [-0.2, -0.15) is 0 Å². The van der Waals surface area contributed by atoms with E-state index in [0.29, 0.717) is 26.9 Å². The van der Waals surface area contributed by atoms with Crippen molar-refractivity contribution < 1.29 is 14.3 Å². The zero-order chi connectivity index (χ0) is 15.4. The minimum Gasteiger partial charge on any atom is -0.465 e. The molecule has 0 fully saturated rings. The molecule has 0 saturated carbocycles. The number of rotatable bonds is 3. The summed E-state index contributed by atoms with van der Waals surface area (Å²) in [4.78, 5) is 23.4. The van der Waals surface area contributed by atoms with Crippen LogP contribution in [0.1, 0.15) is 20.7 Å². The van der Waals surface area contributed by atoms with E-state index in [9.17, 15) is 9.59 Å². The SMILES string of the molecule is COC(=O)c1ccc(C(=O)Nc2ccc(Cl)cc2Cl)cc1. The van der Waals surface area contributed by atoms with Gasteiger partial charge < -0.3 is 10.1 Å². The van der Waals surface area contributed by atoms with E-state index in [1.165, 1.54) is 31.4 Å². The molecule has 0 bridgehead atoms. The lowest BCUT2D eigenvalue weighted by atomic mass is 10.1. The van der Waals surface area contributed by atoms with E-state index in [0.717, 1.165) is 0 Å². The molecule has 108 valence electrons. The molecule has 0 spiro atoms. The second kappa shape index (κ2) is 6.61. The van der Waals surface area contributed by atoms with Crippen molar-refractivity contribution in [2.75, 3.05) is 12.4 Å². The number of carbonyl (C=O) groups is 2. The monoisotopic (exact) mass is 323 g/mol. The number of hydrogen-bond donors (Lipinski definition) is 1. The molecule has 0 heterocycles. The molecule has 0 atom stereocenters. The highest BCUT2D eigenvalue weighted by atomic mass is 35.5. The van der Waals surface area contributed by atoms with Crippen LogP contribution >= 0.6 is 23.2 Å². The van der Waals surface area contributed by atoms with Gasteiger partial charge in [-0.1, -0.05) is 23.2 Å². The van der Waals surface area contributed by atoms with Crippen molar-refractivity contribution in [3.05, 3.63) is 63.6 Å². The molecular formula is C15H11Cl2NO3. The van der Waals surface area contributed by atoms with Gasteiger partial charge in [0.2, 0.25) is 0 Å². The number of halogens is 2. The highest BCUT2D eigenvalue weighted by Gasteiger charge is 2.10. The van der Waals surface area contributed by atoms with Crippen LogP contribution in [0.25, 0.3) is 0 Å². The topological polar surface area (TPSA) is 55.4 Å². The largest absolute Gasteiger partial charge is 0.465 e. The summed E-state index contributed by atoms with van der Waals surface area (Å²) < 4.78 is 4.59. The molecule has 0 unspecified atom stereocenters. The van der Waals surface area contributed by atoms with Crippen LogP contribution in [0, 0.1) is 0 Å². The Labute approximate surface area is 131 Å². The van der Waals surface area contributed by atoms with E-state index in [1.54, 1.807) is 18.2 Å². The lowest BCUT2D eigenvalue weighted by molar-refractivity contribution is 0.0600. The quantitative estimate of drug-likeness (QED) is 0.867. The summed E-state index contributed by atoms with van der Waals surface area (Å²) in [7, 11) is 1.30. The number of amides is 1. The van der Waals surface area contributed by atoms with Crippen LogP contribution in [0.15, 0.2) is 42.5 Å². The number of ether oxygens (including phenoxy) is 1. The van der Waals surface area contributed by atoms with E-state index < -0.39 is 5.97 Å². The third-order valence-electron chi connectivity index (χ3n) is 2.75. The average Bonchev–Trinajstić information content (AvgIpc) is 2.49. The second-order valence-electron chi connectivity index (χ2n) is 4.15. The maximum atomic E-state index is 12.1. The Kier molecular flexibility index (Phi) is 4.83. The number of anilines is 1. The Morgan fingerprint density at radius 1 is 1.00 bits per heavy atom. The van der Waals surface area contributed by atoms with Gasteiger partial charge in [0.1, 0.15) is 0 Å². The summed E-state index contributed by atoms with van der Waals surface area (Å²) in [6.07, 6.45) is 0. The smallest absolute Gasteiger partial charge is 0.337 e. The maximum Gasteiger partial charge on any atom is 0.337 e. The van der Waals surface area contributed by atoms with Crippen molar-refractivity contribution in [1.82, 2.24) is 0 Å². The highest BCUT2D eigenvalue weighted by Crippen LogP contribution is 2.25. The molecule has 1 N–H and O–H groups in total. The molecule has 0 aliphatic carbocycles. The molecule has 2 aromatic carbocycles. The molecule has 1 amide bonds. The molecular weight excluding hydrogens is 313 g/mol. The lowest BCUT2D eigenvalue weighted by Gasteiger charge is -2.08. The van der Waals surface area contributed by atoms with E-state index in [2.05, 4.69) is 10.1 Å². The number of nitrogens with one attached hydrogen (secondary N) is 1. The molecule has 2 rings (SSSR count). The molecule has 0 radical (unpaired) electrons. The molecule has 2 aromatic rings. The number of benzene rings is 2. The molecule has 0 saturated heterocycles. The van der Waals surface area contributed by atoms with Gasteiger partial charge in [-0.25, -0.2) is 4.79 Å². The highest BCUT2D eigenvalue weighted by molar-refractivity contribution is 6.36. The summed E-state index contributed by atoms with van der Waals surface area (Å²) in [5, 5.41) is 3.51. The fourth-order valence-corrected chi connectivity index (χ4v) is 2.12. The first-order chi connectivity index (χ1) is 10.0. The van der Waals surface area contributed by atoms with Crippen molar-refractivity contribution in [2.45, 2.75) is 0 Å². The Morgan fingerprint density at radius 2 is 1.62 bits per heavy atom. The molecule has 4 nitrogen and oxygen atoms in total. The van der Waals surface area contributed by atoms with Crippen molar-refractivity contribution in [3.63, 3.8) is 0 Å². The fourth-order valence-electron chi connectivity index (χ4n) is 1.66. The summed E-state index contributed by atoms with van der Waals surface area (Å²) >= 11 is 11.8. The standard InChI is InChI=1S/C15H11Cl2NO3/c1-21-15(20)10-4-2-9(3-5-10)14(19)18-13-7-6-11(16)8-12(13)17/h2-8H,1H3,(H,18,19). The van der Waals surface area contributed by atoms with Gasteiger partial charge in [0.05, 0.1) is 23.4 Å². The van der Waals surface area contributed by atoms with Crippen molar-refractivity contribution in [3.8, 4) is 0 Å². The average molecular weight is 324 g/mol. The Morgan fingerprint density at radius 3 is 2.19 bits per heavy atom. The summed E-state index contributed by atoms with van der Waals surface area (Å²) in [5.74, 6) is -0.793. The molecule has 21 heavy (non-hydrogen) atoms. The van der Waals surface area contributed by atoms with E-state index >= 15 is 0 Å². The van der Waals surface area contributed by atoms with Gasteiger partial charge in [-0.3, -0.25) is 4.79 Å². The van der Waals surface area contributed by atoms with E-state index in [-0.39, 0.29) is 5.91 Å². The first-order valence-electron chi connectivity index (χ1n) is 5.96. The van der Waals surface area contributed by atoms with Crippen LogP contribution in [0.2, 0.25) is 10.0 Å². The molecule has 0 aliphatic heterocycles. The lowest BCUT2D eigenvalue weighted by Crippen LogP contribution is -2.12. The third-order valence-corrected chi connectivity index (χ3v) is 3.30. The summed E-state index contributed by atoms with van der Waals surface area (Å²) in [6, 6.07) is 10.9. The molecule has 6 heteroatoms. The van der Waals surface area contributed by atoms with Gasteiger partial charge in [-0.15, -0.1) is 0 Å². The summed E-state index contributed by atoms with van der Waals surface area (Å²) in [6.45, 7) is 0. The maximum absolute atomic E-state index is 12.1. The van der Waals surface area contributed by atoms with Gasteiger partial charge in [0.25, 0.3) is 5.91 Å². The van der Waals surface area contributed by atoms with E-state index in [1.807, 2.05) is 0 Å². The predicted molar refractivity (Wildman–Crippen MR) is 82.2 cm³/mol.